The lowest BCUT2D eigenvalue weighted by atomic mass is 10.0. The van der Waals surface area contributed by atoms with Gasteiger partial charge in [0.2, 0.25) is 0 Å². The minimum Gasteiger partial charge on any atom is -0.512 e. The molecule has 76 valence electrons. The zero-order valence-electron chi connectivity index (χ0n) is 8.76. The Hall–Kier alpha value is -0.990. The summed E-state index contributed by atoms with van der Waals surface area (Å²) >= 11 is 0. The van der Waals surface area contributed by atoms with E-state index in [1.54, 1.807) is 0 Å². The molecule has 0 aromatic carbocycles. The summed E-state index contributed by atoms with van der Waals surface area (Å²) in [5.74, 6) is -0.359. The highest BCUT2D eigenvalue weighted by molar-refractivity contribution is 5.89. The number of esters is 1. The van der Waals surface area contributed by atoms with Gasteiger partial charge in [0.15, 0.2) is 0 Å². The average molecular weight is 186 g/mol. The van der Waals surface area contributed by atoms with E-state index in [0.717, 1.165) is 6.42 Å². The summed E-state index contributed by atoms with van der Waals surface area (Å²) in [4.78, 5) is 11.3. The summed E-state index contributed by atoms with van der Waals surface area (Å²) in [7, 11) is 0. The van der Waals surface area contributed by atoms with Crippen molar-refractivity contribution in [2.75, 3.05) is 6.61 Å². The SMILES string of the molecule is CCCOC(=O)C(=C(C)O)C(C)C. The smallest absolute Gasteiger partial charge is 0.337 e. The third-order valence-corrected chi connectivity index (χ3v) is 1.62. The minimum atomic E-state index is -0.406. The Labute approximate surface area is 79.4 Å². The lowest BCUT2D eigenvalue weighted by Crippen LogP contribution is -2.14. The molecule has 0 aromatic heterocycles. The highest BCUT2D eigenvalue weighted by atomic mass is 16.5. The van der Waals surface area contributed by atoms with Crippen LogP contribution in [0.2, 0.25) is 0 Å². The fourth-order valence-electron chi connectivity index (χ4n) is 1.07. The third kappa shape index (κ3) is 3.97. The summed E-state index contributed by atoms with van der Waals surface area (Å²) < 4.78 is 4.92. The lowest BCUT2D eigenvalue weighted by Gasteiger charge is -2.11. The standard InChI is InChI=1S/C10H18O3/c1-5-6-13-10(12)9(7(2)3)8(4)11/h7,11H,5-6H2,1-4H3. The number of aliphatic hydroxyl groups is 1. The molecule has 3 heteroatoms. The maximum Gasteiger partial charge on any atom is 0.337 e. The molecule has 0 amide bonds. The highest BCUT2D eigenvalue weighted by Crippen LogP contribution is 2.14. The highest BCUT2D eigenvalue weighted by Gasteiger charge is 2.17. The van der Waals surface area contributed by atoms with E-state index >= 15 is 0 Å². The molecule has 0 unspecified atom stereocenters. The predicted octanol–water partition coefficient (Wildman–Crippen LogP) is 2.43. The van der Waals surface area contributed by atoms with Crippen LogP contribution in [0.15, 0.2) is 11.3 Å². The van der Waals surface area contributed by atoms with Crippen molar-refractivity contribution in [2.24, 2.45) is 5.92 Å². The van der Waals surface area contributed by atoms with Crippen LogP contribution in [0.3, 0.4) is 0 Å². The van der Waals surface area contributed by atoms with Crippen LogP contribution >= 0.6 is 0 Å². The van der Waals surface area contributed by atoms with E-state index < -0.39 is 5.97 Å². The molecule has 0 bridgehead atoms. The molecule has 3 nitrogen and oxygen atoms in total. The summed E-state index contributed by atoms with van der Waals surface area (Å²) in [5, 5.41) is 9.23. The van der Waals surface area contributed by atoms with E-state index in [-0.39, 0.29) is 11.7 Å². The number of carbonyl (C=O) groups excluding carboxylic acids is 1. The average Bonchev–Trinajstić information content (AvgIpc) is 1.99. The van der Waals surface area contributed by atoms with Crippen LogP contribution in [0.1, 0.15) is 34.1 Å². The Morgan fingerprint density at radius 1 is 1.46 bits per heavy atom. The third-order valence-electron chi connectivity index (χ3n) is 1.62. The van der Waals surface area contributed by atoms with Crippen molar-refractivity contribution in [3.63, 3.8) is 0 Å². The number of carbonyl (C=O) groups is 1. The van der Waals surface area contributed by atoms with Gasteiger partial charge in [-0.2, -0.15) is 0 Å². The van der Waals surface area contributed by atoms with Crippen molar-refractivity contribution in [3.8, 4) is 0 Å². The second-order valence-electron chi connectivity index (χ2n) is 3.29. The van der Waals surface area contributed by atoms with Crippen molar-refractivity contribution in [1.29, 1.82) is 0 Å². The van der Waals surface area contributed by atoms with Gasteiger partial charge in [0.05, 0.1) is 17.9 Å². The quantitative estimate of drug-likeness (QED) is 0.416. The van der Waals surface area contributed by atoms with Gasteiger partial charge >= 0.3 is 5.97 Å². The van der Waals surface area contributed by atoms with Crippen LogP contribution in [0.25, 0.3) is 0 Å². The van der Waals surface area contributed by atoms with Crippen molar-refractivity contribution in [3.05, 3.63) is 11.3 Å². The molecule has 0 atom stereocenters. The Kier molecular flexibility index (Phi) is 5.19. The first-order chi connectivity index (χ1) is 6.00. The van der Waals surface area contributed by atoms with Crippen LogP contribution in [0.5, 0.6) is 0 Å². The molecular formula is C10H18O3. The maximum atomic E-state index is 11.3. The van der Waals surface area contributed by atoms with Gasteiger partial charge in [-0.3, -0.25) is 0 Å². The number of allylic oxidation sites excluding steroid dienone is 1. The molecular weight excluding hydrogens is 168 g/mol. The van der Waals surface area contributed by atoms with Gasteiger partial charge in [-0.1, -0.05) is 20.8 Å². The molecule has 0 aliphatic rings. The molecule has 0 heterocycles. The van der Waals surface area contributed by atoms with Crippen LogP contribution in [-0.4, -0.2) is 17.7 Å². The maximum absolute atomic E-state index is 11.3. The van der Waals surface area contributed by atoms with E-state index in [0.29, 0.717) is 12.2 Å². The molecule has 0 radical (unpaired) electrons. The molecule has 0 saturated carbocycles. The van der Waals surface area contributed by atoms with Crippen molar-refractivity contribution < 1.29 is 14.6 Å². The molecule has 0 aromatic rings. The Balaban J connectivity index is 4.41. The molecule has 0 rings (SSSR count). The summed E-state index contributed by atoms with van der Waals surface area (Å²) in [6, 6.07) is 0. The first kappa shape index (κ1) is 12.0. The van der Waals surface area contributed by atoms with Gasteiger partial charge in [-0.05, 0) is 19.3 Å². The molecule has 0 spiro atoms. The number of hydrogen-bond donors (Lipinski definition) is 1. The lowest BCUT2D eigenvalue weighted by molar-refractivity contribution is -0.139. The largest absolute Gasteiger partial charge is 0.512 e. The van der Waals surface area contributed by atoms with Gasteiger partial charge in [0.25, 0.3) is 0 Å². The zero-order chi connectivity index (χ0) is 10.4. The molecule has 0 aliphatic carbocycles. The number of ether oxygens (including phenoxy) is 1. The van der Waals surface area contributed by atoms with Gasteiger partial charge in [0, 0.05) is 0 Å². The summed E-state index contributed by atoms with van der Waals surface area (Å²) in [5.41, 5.74) is 0.369. The van der Waals surface area contributed by atoms with Crippen LogP contribution in [-0.2, 0) is 9.53 Å². The molecule has 0 aliphatic heterocycles. The molecule has 13 heavy (non-hydrogen) atoms. The molecule has 0 fully saturated rings. The predicted molar refractivity (Wildman–Crippen MR) is 51.4 cm³/mol. The summed E-state index contributed by atoms with van der Waals surface area (Å²) in [6.45, 7) is 7.53. The summed E-state index contributed by atoms with van der Waals surface area (Å²) in [6.07, 6.45) is 0.793. The Morgan fingerprint density at radius 3 is 2.31 bits per heavy atom. The van der Waals surface area contributed by atoms with Crippen molar-refractivity contribution in [2.45, 2.75) is 34.1 Å². The van der Waals surface area contributed by atoms with Gasteiger partial charge in [-0.25, -0.2) is 4.79 Å². The fraction of sp³-hybridized carbons (Fsp3) is 0.700. The van der Waals surface area contributed by atoms with Crippen molar-refractivity contribution in [1.82, 2.24) is 0 Å². The first-order valence-corrected chi connectivity index (χ1v) is 4.57. The monoisotopic (exact) mass is 186 g/mol. The van der Waals surface area contributed by atoms with E-state index in [2.05, 4.69) is 0 Å². The van der Waals surface area contributed by atoms with E-state index in [1.807, 2.05) is 20.8 Å². The van der Waals surface area contributed by atoms with Gasteiger partial charge in [-0.15, -0.1) is 0 Å². The van der Waals surface area contributed by atoms with Gasteiger partial charge in [0.1, 0.15) is 0 Å². The van der Waals surface area contributed by atoms with Crippen LogP contribution < -0.4 is 0 Å². The topological polar surface area (TPSA) is 46.5 Å². The Bertz CT molecular complexity index is 200. The number of aliphatic hydroxyl groups excluding tert-OH is 1. The van der Waals surface area contributed by atoms with Crippen LogP contribution in [0.4, 0.5) is 0 Å². The van der Waals surface area contributed by atoms with E-state index in [4.69, 9.17) is 4.74 Å². The fourth-order valence-corrected chi connectivity index (χ4v) is 1.07. The number of rotatable bonds is 4. The first-order valence-electron chi connectivity index (χ1n) is 4.57. The number of hydrogen-bond acceptors (Lipinski definition) is 3. The molecule has 1 N–H and O–H groups in total. The van der Waals surface area contributed by atoms with Gasteiger partial charge < -0.3 is 9.84 Å². The minimum absolute atomic E-state index is 0.00523. The normalized spacial score (nSPS) is 12.7. The Morgan fingerprint density at radius 2 is 2.00 bits per heavy atom. The second-order valence-corrected chi connectivity index (χ2v) is 3.29. The zero-order valence-corrected chi connectivity index (χ0v) is 8.76. The van der Waals surface area contributed by atoms with E-state index in [9.17, 15) is 9.90 Å². The molecule has 0 saturated heterocycles. The van der Waals surface area contributed by atoms with Crippen LogP contribution in [0, 0.1) is 5.92 Å². The second kappa shape index (κ2) is 5.62. The van der Waals surface area contributed by atoms with Crippen molar-refractivity contribution >= 4 is 5.97 Å². The van der Waals surface area contributed by atoms with E-state index in [1.165, 1.54) is 6.92 Å².